The maximum atomic E-state index is 13.0. The minimum atomic E-state index is -3.61. The number of nitrogens with zero attached hydrogens (tertiary/aromatic N) is 2. The van der Waals surface area contributed by atoms with Crippen molar-refractivity contribution in [1.29, 1.82) is 0 Å². The molecule has 144 valence electrons. The molecule has 0 atom stereocenters. The van der Waals surface area contributed by atoms with Gasteiger partial charge in [0.25, 0.3) is 0 Å². The summed E-state index contributed by atoms with van der Waals surface area (Å²) in [5.41, 5.74) is 1.65. The Balaban J connectivity index is 1.78. The normalized spacial score (nSPS) is 12.0. The van der Waals surface area contributed by atoms with Crippen molar-refractivity contribution in [3.8, 4) is 10.6 Å². The van der Waals surface area contributed by atoms with E-state index in [2.05, 4.69) is 4.98 Å². The van der Waals surface area contributed by atoms with E-state index in [1.165, 1.54) is 61.8 Å². The monoisotopic (exact) mass is 416 g/mol. The van der Waals surface area contributed by atoms with Crippen molar-refractivity contribution in [3.05, 3.63) is 77.1 Å². The maximum absolute atomic E-state index is 13.0. The van der Waals surface area contributed by atoms with Crippen LogP contribution in [0.4, 0.5) is 4.39 Å². The zero-order chi connectivity index (χ0) is 20.3. The third kappa shape index (κ3) is 4.41. The Hall–Kier alpha value is -2.68. The van der Waals surface area contributed by atoms with E-state index in [1.807, 2.05) is 0 Å². The van der Waals surface area contributed by atoms with E-state index in [1.54, 1.807) is 29.7 Å². The van der Waals surface area contributed by atoms with E-state index >= 15 is 0 Å². The van der Waals surface area contributed by atoms with Gasteiger partial charge in [0.15, 0.2) is 5.78 Å². The maximum Gasteiger partial charge on any atom is 0.242 e. The van der Waals surface area contributed by atoms with Crippen LogP contribution in [-0.2, 0) is 10.0 Å². The van der Waals surface area contributed by atoms with Crippen LogP contribution in [0.2, 0.25) is 0 Å². The van der Waals surface area contributed by atoms with Crippen LogP contribution in [0, 0.1) is 5.82 Å². The molecule has 3 aromatic rings. The minimum absolute atomic E-state index is 0.0593. The fourth-order valence-electron chi connectivity index (χ4n) is 2.37. The van der Waals surface area contributed by atoms with Gasteiger partial charge in [0, 0.05) is 30.6 Å². The van der Waals surface area contributed by atoms with E-state index in [-0.39, 0.29) is 22.1 Å². The van der Waals surface area contributed by atoms with E-state index in [9.17, 15) is 17.6 Å². The average Bonchev–Trinajstić information content (AvgIpc) is 3.15. The Kier molecular flexibility index (Phi) is 5.83. The molecule has 1 heterocycles. The molecule has 28 heavy (non-hydrogen) atoms. The van der Waals surface area contributed by atoms with E-state index in [4.69, 9.17) is 0 Å². The standard InChI is InChI=1S/C20H17FN2O3S2/c1-23(2)28(25,26)18-5-3-4-15(12-18)19(24)11-10-17-13-27-20(22-17)14-6-8-16(21)9-7-14/h3-13H,1-2H3. The van der Waals surface area contributed by atoms with Gasteiger partial charge in [-0.15, -0.1) is 11.3 Å². The molecule has 0 unspecified atom stereocenters. The second kappa shape index (κ2) is 8.14. The first-order valence-electron chi connectivity index (χ1n) is 8.24. The molecule has 0 bridgehead atoms. The van der Waals surface area contributed by atoms with Crippen LogP contribution in [0.1, 0.15) is 16.1 Å². The molecule has 0 saturated heterocycles. The number of ketones is 1. The Labute approximate surface area is 166 Å². The predicted molar refractivity (Wildman–Crippen MR) is 108 cm³/mol. The summed E-state index contributed by atoms with van der Waals surface area (Å²) in [6.07, 6.45) is 2.92. The molecule has 0 aliphatic heterocycles. The van der Waals surface area contributed by atoms with E-state index in [0.29, 0.717) is 10.7 Å². The zero-order valence-corrected chi connectivity index (χ0v) is 16.8. The van der Waals surface area contributed by atoms with Gasteiger partial charge in [0.2, 0.25) is 10.0 Å². The number of carbonyl (C=O) groups excluding carboxylic acids is 1. The molecule has 5 nitrogen and oxygen atoms in total. The molecular formula is C20H17FN2O3S2. The van der Waals surface area contributed by atoms with Gasteiger partial charge < -0.3 is 0 Å². The smallest absolute Gasteiger partial charge is 0.242 e. The number of thiazole rings is 1. The summed E-state index contributed by atoms with van der Waals surface area (Å²) in [6.45, 7) is 0. The van der Waals surface area contributed by atoms with Gasteiger partial charge in [-0.05, 0) is 48.6 Å². The van der Waals surface area contributed by atoms with Gasteiger partial charge in [-0.1, -0.05) is 12.1 Å². The van der Waals surface area contributed by atoms with Crippen LogP contribution in [0.3, 0.4) is 0 Å². The van der Waals surface area contributed by atoms with Crippen molar-refractivity contribution in [2.45, 2.75) is 4.90 Å². The number of hydrogen-bond donors (Lipinski definition) is 0. The molecule has 0 N–H and O–H groups in total. The molecule has 8 heteroatoms. The van der Waals surface area contributed by atoms with Crippen molar-refractivity contribution in [1.82, 2.24) is 9.29 Å². The SMILES string of the molecule is CN(C)S(=O)(=O)c1cccc(C(=O)C=Cc2csc(-c3ccc(F)cc3)n2)c1. The summed E-state index contributed by atoms with van der Waals surface area (Å²) in [7, 11) is -0.740. The van der Waals surface area contributed by atoms with Gasteiger partial charge >= 0.3 is 0 Å². The minimum Gasteiger partial charge on any atom is -0.289 e. The van der Waals surface area contributed by atoms with Gasteiger partial charge in [-0.2, -0.15) is 0 Å². The molecule has 3 rings (SSSR count). The first kappa shape index (κ1) is 20.1. The van der Waals surface area contributed by atoms with Gasteiger partial charge in [0.05, 0.1) is 10.6 Å². The molecule has 0 spiro atoms. The van der Waals surface area contributed by atoms with E-state index < -0.39 is 10.0 Å². The predicted octanol–water partition coefficient (Wildman–Crippen LogP) is 4.10. The second-order valence-electron chi connectivity index (χ2n) is 6.10. The Morgan fingerprint density at radius 3 is 2.54 bits per heavy atom. The van der Waals surface area contributed by atoms with Crippen molar-refractivity contribution < 1.29 is 17.6 Å². The molecule has 0 radical (unpaired) electrons. The Morgan fingerprint density at radius 2 is 1.86 bits per heavy atom. The highest BCUT2D eigenvalue weighted by Crippen LogP contribution is 2.24. The number of carbonyl (C=O) groups is 1. The fourth-order valence-corrected chi connectivity index (χ4v) is 4.11. The lowest BCUT2D eigenvalue weighted by molar-refractivity contribution is 0.104. The zero-order valence-electron chi connectivity index (χ0n) is 15.2. The van der Waals surface area contributed by atoms with Gasteiger partial charge in [0.1, 0.15) is 10.8 Å². The average molecular weight is 416 g/mol. The van der Waals surface area contributed by atoms with Gasteiger partial charge in [-0.3, -0.25) is 4.79 Å². The van der Waals surface area contributed by atoms with Crippen molar-refractivity contribution in [2.24, 2.45) is 0 Å². The molecule has 0 aliphatic carbocycles. The van der Waals surface area contributed by atoms with Crippen molar-refractivity contribution in [3.63, 3.8) is 0 Å². The highest BCUT2D eigenvalue weighted by atomic mass is 32.2. The highest BCUT2D eigenvalue weighted by molar-refractivity contribution is 7.89. The van der Waals surface area contributed by atoms with Crippen LogP contribution in [-0.4, -0.2) is 37.6 Å². The van der Waals surface area contributed by atoms with Gasteiger partial charge in [-0.25, -0.2) is 22.1 Å². The third-order valence-electron chi connectivity index (χ3n) is 3.92. The largest absolute Gasteiger partial charge is 0.289 e. The number of rotatable bonds is 6. The van der Waals surface area contributed by atoms with Crippen molar-refractivity contribution >= 4 is 33.2 Å². The quantitative estimate of drug-likeness (QED) is 0.448. The molecule has 0 fully saturated rings. The molecular weight excluding hydrogens is 399 g/mol. The van der Waals surface area contributed by atoms with Crippen molar-refractivity contribution in [2.75, 3.05) is 14.1 Å². The van der Waals surface area contributed by atoms with E-state index in [0.717, 1.165) is 9.87 Å². The number of halogens is 1. The first-order chi connectivity index (χ1) is 13.3. The lowest BCUT2D eigenvalue weighted by Crippen LogP contribution is -2.22. The van der Waals surface area contributed by atoms with Crippen LogP contribution < -0.4 is 0 Å². The summed E-state index contributed by atoms with van der Waals surface area (Å²) in [6, 6.07) is 11.9. The lowest BCUT2D eigenvalue weighted by atomic mass is 10.1. The first-order valence-corrected chi connectivity index (χ1v) is 10.6. The van der Waals surface area contributed by atoms with Crippen LogP contribution in [0.5, 0.6) is 0 Å². The Morgan fingerprint density at radius 1 is 1.14 bits per heavy atom. The topological polar surface area (TPSA) is 67.3 Å². The molecule has 0 amide bonds. The van der Waals surface area contributed by atoms with Crippen LogP contribution >= 0.6 is 11.3 Å². The summed E-state index contributed by atoms with van der Waals surface area (Å²) < 4.78 is 38.5. The number of benzene rings is 2. The summed E-state index contributed by atoms with van der Waals surface area (Å²) in [5.74, 6) is -0.642. The third-order valence-corrected chi connectivity index (χ3v) is 6.64. The summed E-state index contributed by atoms with van der Waals surface area (Å²) in [5, 5.41) is 2.50. The highest BCUT2D eigenvalue weighted by Gasteiger charge is 2.18. The second-order valence-corrected chi connectivity index (χ2v) is 9.11. The molecule has 2 aromatic carbocycles. The number of aromatic nitrogens is 1. The summed E-state index contributed by atoms with van der Waals surface area (Å²) in [4.78, 5) is 16.9. The molecule has 1 aromatic heterocycles. The number of hydrogen-bond acceptors (Lipinski definition) is 5. The molecule has 0 aliphatic rings. The molecule has 0 saturated carbocycles. The number of allylic oxidation sites excluding steroid dienone is 1. The van der Waals surface area contributed by atoms with Crippen LogP contribution in [0.25, 0.3) is 16.6 Å². The number of sulfonamides is 1. The summed E-state index contributed by atoms with van der Waals surface area (Å²) >= 11 is 1.38. The Bertz CT molecular complexity index is 1130. The fraction of sp³-hybridized carbons (Fsp3) is 0.100. The lowest BCUT2D eigenvalue weighted by Gasteiger charge is -2.11. The van der Waals surface area contributed by atoms with Crippen LogP contribution in [0.15, 0.2) is 64.9 Å².